The van der Waals surface area contributed by atoms with Gasteiger partial charge in [0.25, 0.3) is 10.1 Å². The number of sulfonamides is 1. The van der Waals surface area contributed by atoms with Crippen molar-refractivity contribution in [2.75, 3.05) is 18.8 Å². The van der Waals surface area contributed by atoms with E-state index in [1.165, 1.54) is 12.1 Å². The van der Waals surface area contributed by atoms with Gasteiger partial charge in [-0.15, -0.1) is 0 Å². The number of alkyl halides is 6. The van der Waals surface area contributed by atoms with Crippen molar-refractivity contribution < 1.29 is 52.1 Å². The monoisotopic (exact) mass is 647 g/mol. The number of nitrogens with zero attached hydrogens (tertiary/aromatic N) is 3. The fourth-order valence-corrected chi connectivity index (χ4v) is 8.60. The topological polar surface area (TPSA) is 110 Å². The molecule has 1 heterocycles. The largest absolute Gasteiger partial charge is 0.408 e. The van der Waals surface area contributed by atoms with Crippen molar-refractivity contribution in [2.45, 2.75) is 56.6 Å². The Bertz CT molecular complexity index is 1570. The highest BCUT2D eigenvalue weighted by Crippen LogP contribution is 2.48. The normalized spacial score (nSPS) is 21.4. The molecule has 0 fully saturated rings. The van der Waals surface area contributed by atoms with E-state index in [2.05, 4.69) is 5.10 Å². The molecule has 42 heavy (non-hydrogen) atoms. The first-order valence-corrected chi connectivity index (χ1v) is 15.9. The van der Waals surface area contributed by atoms with Crippen molar-refractivity contribution in [3.63, 3.8) is 0 Å². The fourth-order valence-electron chi connectivity index (χ4n) is 6.12. The molecule has 0 saturated heterocycles. The van der Waals surface area contributed by atoms with E-state index in [0.717, 1.165) is 22.4 Å². The molecule has 2 aliphatic carbocycles. The van der Waals surface area contributed by atoms with Crippen molar-refractivity contribution in [1.29, 1.82) is 0 Å². The number of benzene rings is 1. The summed E-state index contributed by atoms with van der Waals surface area (Å²) in [6, 6.07) is 5.63. The second kappa shape index (κ2) is 11.2. The van der Waals surface area contributed by atoms with Gasteiger partial charge >= 0.3 is 12.4 Å². The lowest BCUT2D eigenvalue weighted by Gasteiger charge is -2.33. The molecule has 1 aromatic carbocycles. The van der Waals surface area contributed by atoms with Gasteiger partial charge in [0.15, 0.2) is 11.0 Å². The zero-order chi connectivity index (χ0) is 31.4. The van der Waals surface area contributed by atoms with Crippen LogP contribution in [-0.4, -0.2) is 71.9 Å². The molecule has 0 aliphatic heterocycles. The predicted molar refractivity (Wildman–Crippen MR) is 137 cm³/mol. The smallest absolute Gasteiger partial charge is 0.285 e. The zero-order valence-electron chi connectivity index (χ0n) is 22.3. The minimum absolute atomic E-state index is 0.264. The summed E-state index contributed by atoms with van der Waals surface area (Å²) < 4.78 is 154. The number of halogens is 7. The number of aromatic nitrogens is 2. The Morgan fingerprint density at radius 1 is 1.10 bits per heavy atom. The summed E-state index contributed by atoms with van der Waals surface area (Å²) in [7, 11) is -11.0. The molecule has 4 rings (SSSR count). The molecule has 0 spiro atoms. The molecule has 0 radical (unpaired) electrons. The van der Waals surface area contributed by atoms with Crippen LogP contribution in [0.2, 0.25) is 0 Å². The maximum Gasteiger partial charge on any atom is 0.408 e. The fraction of sp³-hybridized carbons (Fsp3) is 0.560. The van der Waals surface area contributed by atoms with Crippen LogP contribution in [0.3, 0.4) is 0 Å². The van der Waals surface area contributed by atoms with Crippen LogP contribution >= 0.6 is 0 Å². The second-order valence-electron chi connectivity index (χ2n) is 10.8. The molecule has 4 atom stereocenters. The van der Waals surface area contributed by atoms with Gasteiger partial charge in [0, 0.05) is 31.0 Å². The molecule has 1 aromatic heterocycles. The Balaban J connectivity index is 1.65. The van der Waals surface area contributed by atoms with E-state index in [-0.39, 0.29) is 10.2 Å². The van der Waals surface area contributed by atoms with Crippen LogP contribution in [-0.2, 0) is 26.6 Å². The van der Waals surface area contributed by atoms with Gasteiger partial charge in [0.2, 0.25) is 10.0 Å². The van der Waals surface area contributed by atoms with E-state index in [4.69, 9.17) is 0 Å². The highest BCUT2D eigenvalue weighted by Gasteiger charge is 2.53. The summed E-state index contributed by atoms with van der Waals surface area (Å²) in [5.41, 5.74) is 3.77. The van der Waals surface area contributed by atoms with Gasteiger partial charge in [0.05, 0.1) is 17.6 Å². The van der Waals surface area contributed by atoms with Gasteiger partial charge in [-0.1, -0.05) is 25.0 Å². The van der Waals surface area contributed by atoms with Crippen LogP contribution in [0.5, 0.6) is 0 Å². The molecule has 1 N–H and O–H groups in total. The predicted octanol–water partition coefficient (Wildman–Crippen LogP) is 5.03. The van der Waals surface area contributed by atoms with E-state index in [1.807, 2.05) is 0 Å². The number of allylic oxidation sites excluding steroid dienone is 1. The molecular weight excluding hydrogens is 619 g/mol. The Morgan fingerprint density at radius 3 is 2.26 bits per heavy atom. The van der Waals surface area contributed by atoms with Crippen LogP contribution in [0.15, 0.2) is 41.6 Å². The van der Waals surface area contributed by atoms with Gasteiger partial charge in [-0.25, -0.2) is 21.8 Å². The molecule has 0 bridgehead atoms. The summed E-state index contributed by atoms with van der Waals surface area (Å²) in [6.07, 6.45) is -8.02. The van der Waals surface area contributed by atoms with Crippen molar-refractivity contribution in [3.8, 4) is 5.69 Å². The second-order valence-corrected chi connectivity index (χ2v) is 14.3. The number of rotatable bonds is 9. The highest BCUT2D eigenvalue weighted by molar-refractivity contribution is 7.89. The van der Waals surface area contributed by atoms with Crippen molar-refractivity contribution in [2.24, 2.45) is 11.8 Å². The summed E-state index contributed by atoms with van der Waals surface area (Å²) in [6.45, 7) is 0.686. The lowest BCUT2D eigenvalue weighted by atomic mass is 9.80. The third-order valence-electron chi connectivity index (χ3n) is 7.74. The number of hydrogen-bond donors (Lipinski definition) is 1. The van der Waals surface area contributed by atoms with E-state index < -0.39 is 74.2 Å². The Labute approximate surface area is 238 Å². The third-order valence-corrected chi connectivity index (χ3v) is 10.9. The zero-order valence-corrected chi connectivity index (χ0v) is 24.0. The van der Waals surface area contributed by atoms with Crippen LogP contribution in [0.4, 0.5) is 30.7 Å². The Morgan fingerprint density at radius 2 is 1.71 bits per heavy atom. The highest BCUT2D eigenvalue weighted by atomic mass is 32.2. The molecule has 0 amide bonds. The quantitative estimate of drug-likeness (QED) is 0.233. The van der Waals surface area contributed by atoms with Gasteiger partial charge in [0.1, 0.15) is 5.82 Å². The molecule has 2 aliphatic rings. The average Bonchev–Trinajstić information content (AvgIpc) is 3.40. The van der Waals surface area contributed by atoms with Crippen molar-refractivity contribution in [3.05, 3.63) is 58.7 Å². The van der Waals surface area contributed by atoms with Gasteiger partial charge in [-0.3, -0.25) is 4.55 Å². The Hall–Kier alpha value is -2.50. The lowest BCUT2D eigenvalue weighted by molar-refractivity contribution is -0.140. The maximum atomic E-state index is 13.5. The summed E-state index contributed by atoms with van der Waals surface area (Å²) in [5, 5.41) is 0.992. The summed E-state index contributed by atoms with van der Waals surface area (Å²) >= 11 is 0. The van der Waals surface area contributed by atoms with E-state index in [0.29, 0.717) is 31.9 Å². The molecule has 1 unspecified atom stereocenters. The first-order chi connectivity index (χ1) is 19.2. The van der Waals surface area contributed by atoms with Gasteiger partial charge < -0.3 is 0 Å². The van der Waals surface area contributed by atoms with E-state index in [9.17, 15) is 52.1 Å². The van der Waals surface area contributed by atoms with Crippen LogP contribution in [0.1, 0.15) is 43.9 Å². The van der Waals surface area contributed by atoms with Crippen molar-refractivity contribution >= 4 is 20.1 Å². The molecular formula is C25H28F7N3O5S2. The third kappa shape index (κ3) is 6.83. The molecule has 0 saturated carbocycles. The van der Waals surface area contributed by atoms with Crippen molar-refractivity contribution in [1.82, 2.24) is 14.1 Å². The Kier molecular flexibility index (Phi) is 8.65. The van der Waals surface area contributed by atoms with Gasteiger partial charge in [-0.05, 0) is 48.9 Å². The summed E-state index contributed by atoms with van der Waals surface area (Å²) in [5.74, 6) is -5.94. The maximum absolute atomic E-state index is 13.5. The van der Waals surface area contributed by atoms with Gasteiger partial charge in [-0.2, -0.15) is 39.9 Å². The minimum Gasteiger partial charge on any atom is -0.285 e. The molecule has 234 valence electrons. The molecule has 8 nitrogen and oxygen atoms in total. The lowest BCUT2D eigenvalue weighted by Crippen LogP contribution is -2.49. The standard InChI is InChI=1S/C25H28F7N3O5S2/c1-14(23(25(30,31)32)42(38,39)40)11-34(41(36,37)13-24(27,28)29)12-17-4-3-16-9-21-20(15(2)22(16)17)10-33-35(21)19-7-5-18(26)6-8-19/h5-8,10,14-15,17,23H,3-4,9,11-13H2,1-2H3,(H,38,39,40)/t14?,15-,17+,23-/m0/s1. The SMILES string of the molecule is CC(CN(C[C@H]1CCC2=C1[C@@H](C)c1cnn(-c3ccc(F)cc3)c1C2)S(=O)(=O)CC(F)(F)F)[C@@H](C(F)(F)F)S(=O)(=O)O. The molecule has 2 aromatic rings. The number of fused-ring (bicyclic) bond motifs is 1. The first kappa shape index (κ1) is 32.4. The van der Waals surface area contributed by atoms with Crippen LogP contribution < -0.4 is 0 Å². The number of hydrogen-bond acceptors (Lipinski definition) is 5. The van der Waals surface area contributed by atoms with E-state index in [1.54, 1.807) is 29.9 Å². The van der Waals surface area contributed by atoms with E-state index >= 15 is 0 Å². The summed E-state index contributed by atoms with van der Waals surface area (Å²) in [4.78, 5) is 0. The minimum atomic E-state index is -5.77. The molecule has 17 heteroatoms. The van der Waals surface area contributed by atoms with Crippen LogP contribution in [0, 0.1) is 17.7 Å². The first-order valence-electron chi connectivity index (χ1n) is 12.8. The average molecular weight is 648 g/mol. The van der Waals surface area contributed by atoms with Crippen LogP contribution in [0.25, 0.3) is 5.69 Å².